The third-order valence-electron chi connectivity index (χ3n) is 6.79. The van der Waals surface area contributed by atoms with Gasteiger partial charge in [0.25, 0.3) is 0 Å². The number of fused-ring (bicyclic) bond motifs is 1. The number of ether oxygens (including phenoxy) is 1. The lowest BCUT2D eigenvalue weighted by Crippen LogP contribution is -2.21. The Labute approximate surface area is 243 Å². The van der Waals surface area contributed by atoms with Crippen molar-refractivity contribution in [1.82, 2.24) is 29.5 Å². The van der Waals surface area contributed by atoms with Gasteiger partial charge in [-0.05, 0) is 66.9 Å². The minimum atomic E-state index is -0.378. The van der Waals surface area contributed by atoms with Gasteiger partial charge >= 0.3 is 6.03 Å². The average Bonchev–Trinajstić information content (AvgIpc) is 3.61. The minimum Gasteiger partial charge on any atom is -0.457 e. The van der Waals surface area contributed by atoms with Gasteiger partial charge in [-0.25, -0.2) is 9.48 Å². The van der Waals surface area contributed by atoms with E-state index in [-0.39, 0.29) is 11.9 Å². The molecule has 2 aromatic carbocycles. The molecule has 0 bridgehead atoms. The molecule has 6 aromatic rings. The van der Waals surface area contributed by atoms with Gasteiger partial charge in [0.15, 0.2) is 0 Å². The van der Waals surface area contributed by atoms with Gasteiger partial charge in [0.05, 0.1) is 28.8 Å². The summed E-state index contributed by atoms with van der Waals surface area (Å²) >= 11 is 0. The van der Waals surface area contributed by atoms with Crippen molar-refractivity contribution in [3.8, 4) is 28.4 Å². The van der Waals surface area contributed by atoms with Crippen molar-refractivity contribution in [2.24, 2.45) is 7.05 Å². The predicted octanol–water partition coefficient (Wildman–Crippen LogP) is 7.08. The monoisotopic (exact) mass is 558 g/mol. The predicted molar refractivity (Wildman–Crippen MR) is 163 cm³/mol. The molecule has 0 spiro atoms. The van der Waals surface area contributed by atoms with Crippen molar-refractivity contribution in [2.45, 2.75) is 26.7 Å². The molecule has 4 aromatic heterocycles. The lowest BCUT2D eigenvalue weighted by atomic mass is 10.1. The van der Waals surface area contributed by atoms with Crippen molar-refractivity contribution in [3.05, 3.63) is 103 Å². The molecule has 6 rings (SSSR count). The number of nitrogens with zero attached hydrogens (tertiary/aromatic N) is 6. The third-order valence-corrected chi connectivity index (χ3v) is 6.79. The summed E-state index contributed by atoms with van der Waals surface area (Å²) in [5.41, 5.74) is 5.78. The fourth-order valence-electron chi connectivity index (χ4n) is 4.60. The second kappa shape index (κ2) is 11.2. The molecule has 0 saturated heterocycles. The topological polar surface area (TPSA) is 112 Å². The second-order valence-electron chi connectivity index (χ2n) is 10.3. The summed E-state index contributed by atoms with van der Waals surface area (Å²) in [7, 11) is 1.86. The minimum absolute atomic E-state index is 0.188. The summed E-state index contributed by atoms with van der Waals surface area (Å²) in [5, 5.41) is 15.9. The zero-order valence-corrected chi connectivity index (χ0v) is 23.7. The van der Waals surface area contributed by atoms with Crippen LogP contribution < -0.4 is 15.4 Å². The highest BCUT2D eigenvalue weighted by Gasteiger charge is 2.16. The standard InChI is InChI=1S/C32H30N8O2/c1-20(2)28-17-31(40(38-28)25-8-9-27-22(15-25)6-5-12-33-27)37-32(41)36-24-7-10-30(21(3)14-24)42-26-11-13-34-29(16-26)23-18-35-39(4)19-23/h5-20H,1-4H3,(H2,36,37,41). The van der Waals surface area contributed by atoms with Crippen LogP contribution in [0, 0.1) is 6.92 Å². The molecule has 2 amide bonds. The summed E-state index contributed by atoms with van der Waals surface area (Å²) in [6.45, 7) is 6.07. The van der Waals surface area contributed by atoms with Crippen molar-refractivity contribution in [1.29, 1.82) is 0 Å². The molecule has 0 radical (unpaired) electrons. The lowest BCUT2D eigenvalue weighted by molar-refractivity contribution is 0.262. The van der Waals surface area contributed by atoms with Gasteiger partial charge in [-0.3, -0.25) is 20.0 Å². The summed E-state index contributed by atoms with van der Waals surface area (Å²) < 4.78 is 9.62. The quantitative estimate of drug-likeness (QED) is 0.216. The van der Waals surface area contributed by atoms with E-state index in [2.05, 4.69) is 39.5 Å². The molecule has 0 fully saturated rings. The van der Waals surface area contributed by atoms with Crippen LogP contribution in [-0.4, -0.2) is 35.6 Å². The molecular formula is C32H30N8O2. The number of urea groups is 1. The summed E-state index contributed by atoms with van der Waals surface area (Å²) in [4.78, 5) is 21.9. The van der Waals surface area contributed by atoms with Crippen LogP contribution in [0.3, 0.4) is 0 Å². The Balaban J connectivity index is 1.18. The van der Waals surface area contributed by atoms with E-state index >= 15 is 0 Å². The Morgan fingerprint density at radius 1 is 0.952 bits per heavy atom. The number of carbonyl (C=O) groups excluding carboxylic acids is 1. The van der Waals surface area contributed by atoms with E-state index in [9.17, 15) is 4.79 Å². The first-order chi connectivity index (χ1) is 20.3. The van der Waals surface area contributed by atoms with Gasteiger partial charge in [0.1, 0.15) is 17.3 Å². The van der Waals surface area contributed by atoms with E-state index in [0.29, 0.717) is 23.0 Å². The van der Waals surface area contributed by atoms with E-state index in [4.69, 9.17) is 9.84 Å². The molecule has 0 saturated carbocycles. The Morgan fingerprint density at radius 2 is 1.83 bits per heavy atom. The molecule has 4 heterocycles. The maximum Gasteiger partial charge on any atom is 0.324 e. The van der Waals surface area contributed by atoms with Crippen LogP contribution >= 0.6 is 0 Å². The Hall–Kier alpha value is -5.51. The van der Waals surface area contributed by atoms with Gasteiger partial charge in [-0.2, -0.15) is 10.2 Å². The molecule has 210 valence electrons. The van der Waals surface area contributed by atoms with Crippen LogP contribution in [0.15, 0.2) is 91.5 Å². The fraction of sp³-hybridized carbons (Fsp3) is 0.156. The highest BCUT2D eigenvalue weighted by atomic mass is 16.5. The Kier molecular flexibility index (Phi) is 7.10. The molecule has 0 unspecified atom stereocenters. The molecule has 10 heteroatoms. The van der Waals surface area contributed by atoms with Gasteiger partial charge < -0.3 is 10.1 Å². The largest absolute Gasteiger partial charge is 0.457 e. The van der Waals surface area contributed by atoms with Gasteiger partial charge in [0.2, 0.25) is 0 Å². The first-order valence-corrected chi connectivity index (χ1v) is 13.6. The fourth-order valence-corrected chi connectivity index (χ4v) is 4.60. The van der Waals surface area contributed by atoms with E-state index in [1.165, 1.54) is 0 Å². The summed E-state index contributed by atoms with van der Waals surface area (Å²) in [5.74, 6) is 2.09. The average molecular weight is 559 g/mol. The van der Waals surface area contributed by atoms with Crippen molar-refractivity contribution in [3.63, 3.8) is 0 Å². The first-order valence-electron chi connectivity index (χ1n) is 13.6. The highest BCUT2D eigenvalue weighted by molar-refractivity contribution is 5.99. The highest BCUT2D eigenvalue weighted by Crippen LogP contribution is 2.30. The molecule has 2 N–H and O–H groups in total. The number of aryl methyl sites for hydroxylation is 2. The number of pyridine rings is 2. The zero-order valence-electron chi connectivity index (χ0n) is 23.7. The van der Waals surface area contributed by atoms with E-state index in [0.717, 1.165) is 39.1 Å². The van der Waals surface area contributed by atoms with Gasteiger partial charge in [-0.15, -0.1) is 0 Å². The number of hydrogen-bond donors (Lipinski definition) is 2. The van der Waals surface area contributed by atoms with E-state index in [1.807, 2.05) is 74.8 Å². The van der Waals surface area contributed by atoms with Crippen molar-refractivity contribution >= 4 is 28.4 Å². The van der Waals surface area contributed by atoms with Crippen LogP contribution in [0.1, 0.15) is 31.0 Å². The van der Waals surface area contributed by atoms with Crippen molar-refractivity contribution < 1.29 is 9.53 Å². The van der Waals surface area contributed by atoms with Crippen LogP contribution in [-0.2, 0) is 7.05 Å². The van der Waals surface area contributed by atoms with E-state index < -0.39 is 0 Å². The number of hydrogen-bond acceptors (Lipinski definition) is 6. The molecule has 10 nitrogen and oxygen atoms in total. The normalized spacial score (nSPS) is 11.2. The van der Waals surface area contributed by atoms with Crippen LogP contribution in [0.25, 0.3) is 27.8 Å². The smallest absolute Gasteiger partial charge is 0.324 e. The molecule has 0 aliphatic carbocycles. The van der Waals surface area contributed by atoms with Gasteiger partial charge in [-0.1, -0.05) is 19.9 Å². The summed E-state index contributed by atoms with van der Waals surface area (Å²) in [6.07, 6.45) is 7.14. The second-order valence-corrected chi connectivity index (χ2v) is 10.3. The van der Waals surface area contributed by atoms with E-state index in [1.54, 1.807) is 40.1 Å². The zero-order chi connectivity index (χ0) is 29.2. The summed E-state index contributed by atoms with van der Waals surface area (Å²) in [6, 6.07) is 20.5. The van der Waals surface area contributed by atoms with Crippen molar-refractivity contribution in [2.75, 3.05) is 10.6 Å². The molecule has 0 aliphatic heterocycles. The number of amides is 2. The lowest BCUT2D eigenvalue weighted by Gasteiger charge is -2.13. The maximum atomic E-state index is 13.1. The molecule has 0 aliphatic rings. The number of aromatic nitrogens is 6. The van der Waals surface area contributed by atoms with Crippen LogP contribution in [0.5, 0.6) is 11.5 Å². The maximum absolute atomic E-state index is 13.1. The number of rotatable bonds is 7. The van der Waals surface area contributed by atoms with Gasteiger partial charge in [0, 0.05) is 54.4 Å². The SMILES string of the molecule is Cc1cc(NC(=O)Nc2cc(C(C)C)nn2-c2ccc3ncccc3c2)ccc1Oc1ccnc(-c2cnn(C)c2)c1. The molecule has 42 heavy (non-hydrogen) atoms. The number of benzene rings is 2. The van der Waals surface area contributed by atoms with Crippen LogP contribution in [0.2, 0.25) is 0 Å². The third kappa shape index (κ3) is 5.68. The first kappa shape index (κ1) is 26.7. The molecular weight excluding hydrogens is 528 g/mol. The molecule has 0 atom stereocenters. The Morgan fingerprint density at radius 3 is 2.62 bits per heavy atom. The number of anilines is 2. The van der Waals surface area contributed by atoms with Crippen LogP contribution in [0.4, 0.5) is 16.3 Å². The Bertz CT molecular complexity index is 1910. The number of carbonyl (C=O) groups is 1. The number of nitrogens with one attached hydrogen (secondary N) is 2.